The Morgan fingerprint density at radius 1 is 1.55 bits per heavy atom. The lowest BCUT2D eigenvalue weighted by molar-refractivity contribution is -0.465. The largest absolute Gasteiger partial charge is 0.460 e. The fraction of sp³-hybridized carbons (Fsp3) is 0.625. The SMILES string of the molecule is C=C(C)C(O)=[NH+]CCN(C)C. The van der Waals surface area contributed by atoms with Gasteiger partial charge in [0.15, 0.2) is 6.54 Å². The van der Waals surface area contributed by atoms with E-state index in [0.717, 1.165) is 13.1 Å². The van der Waals surface area contributed by atoms with Crippen molar-refractivity contribution in [2.24, 2.45) is 0 Å². The van der Waals surface area contributed by atoms with Crippen LogP contribution in [0.5, 0.6) is 0 Å². The van der Waals surface area contributed by atoms with Crippen molar-refractivity contribution in [2.45, 2.75) is 6.92 Å². The van der Waals surface area contributed by atoms with Gasteiger partial charge in [-0.25, -0.2) is 4.99 Å². The molecule has 0 amide bonds. The molecule has 0 atom stereocenters. The molecule has 0 aromatic rings. The van der Waals surface area contributed by atoms with E-state index in [0.29, 0.717) is 5.57 Å². The minimum absolute atomic E-state index is 0.187. The Morgan fingerprint density at radius 3 is 2.45 bits per heavy atom. The summed E-state index contributed by atoms with van der Waals surface area (Å²) in [6.45, 7) is 6.99. The number of aliphatic hydroxyl groups is 1. The van der Waals surface area contributed by atoms with Crippen LogP contribution in [-0.4, -0.2) is 43.1 Å². The summed E-state index contributed by atoms with van der Waals surface area (Å²) in [7, 11) is 3.97. The van der Waals surface area contributed by atoms with Gasteiger partial charge in [-0.05, 0) is 21.0 Å². The van der Waals surface area contributed by atoms with Crippen LogP contribution in [0.1, 0.15) is 6.92 Å². The van der Waals surface area contributed by atoms with Crippen molar-refractivity contribution in [1.82, 2.24) is 4.90 Å². The quantitative estimate of drug-likeness (QED) is 0.412. The highest BCUT2D eigenvalue weighted by molar-refractivity contribution is 5.85. The van der Waals surface area contributed by atoms with Gasteiger partial charge in [-0.2, -0.15) is 0 Å². The maximum atomic E-state index is 9.13. The zero-order chi connectivity index (χ0) is 8.85. The molecule has 0 spiro atoms. The fourth-order valence-corrected chi connectivity index (χ4v) is 0.549. The molecule has 0 rings (SSSR count). The molecule has 0 aromatic carbocycles. The molecule has 0 heterocycles. The summed E-state index contributed by atoms with van der Waals surface area (Å²) < 4.78 is 0. The smallest absolute Gasteiger partial charge is 0.360 e. The summed E-state index contributed by atoms with van der Waals surface area (Å²) >= 11 is 0. The van der Waals surface area contributed by atoms with Gasteiger partial charge in [-0.15, -0.1) is 0 Å². The molecular formula is C8H17N2O+. The van der Waals surface area contributed by atoms with Gasteiger partial charge in [0, 0.05) is 0 Å². The predicted molar refractivity (Wildman–Crippen MR) is 46.8 cm³/mol. The molecule has 0 aromatic heterocycles. The van der Waals surface area contributed by atoms with E-state index in [2.05, 4.69) is 11.6 Å². The van der Waals surface area contributed by atoms with Crippen LogP contribution in [0.2, 0.25) is 0 Å². The second kappa shape index (κ2) is 4.91. The Bertz CT molecular complexity index is 161. The second-order valence-electron chi connectivity index (χ2n) is 2.86. The number of rotatable bonds is 4. The minimum atomic E-state index is 0.187. The molecule has 0 unspecified atom stereocenters. The van der Waals surface area contributed by atoms with Crippen LogP contribution in [0.3, 0.4) is 0 Å². The molecule has 64 valence electrons. The normalized spacial score (nSPS) is 12.2. The van der Waals surface area contributed by atoms with Crippen LogP contribution in [-0.2, 0) is 0 Å². The van der Waals surface area contributed by atoms with Crippen LogP contribution in [0, 0.1) is 0 Å². The Balaban J connectivity index is 3.65. The number of hydrogen-bond donors (Lipinski definition) is 2. The van der Waals surface area contributed by atoms with Gasteiger partial charge >= 0.3 is 5.90 Å². The average Bonchev–Trinajstić information content (AvgIpc) is 1.86. The molecule has 11 heavy (non-hydrogen) atoms. The summed E-state index contributed by atoms with van der Waals surface area (Å²) in [5.74, 6) is 0.187. The molecule has 0 saturated heterocycles. The predicted octanol–water partition coefficient (Wildman–Crippen LogP) is -0.839. The fourth-order valence-electron chi connectivity index (χ4n) is 0.549. The van der Waals surface area contributed by atoms with Gasteiger partial charge in [-0.1, -0.05) is 6.58 Å². The lowest BCUT2D eigenvalue weighted by Crippen LogP contribution is -2.75. The summed E-state index contributed by atoms with van der Waals surface area (Å²) in [6, 6.07) is 0. The first kappa shape index (κ1) is 10.2. The third kappa shape index (κ3) is 5.61. The van der Waals surface area contributed by atoms with Gasteiger partial charge in [-0.3, -0.25) is 0 Å². The summed E-state index contributed by atoms with van der Waals surface area (Å²) in [5, 5.41) is 9.13. The van der Waals surface area contributed by atoms with Gasteiger partial charge in [0.2, 0.25) is 0 Å². The lowest BCUT2D eigenvalue weighted by Gasteiger charge is -2.02. The number of likely N-dealkylation sites (N-methyl/N-ethyl adjacent to an activating group) is 1. The van der Waals surface area contributed by atoms with Gasteiger partial charge in [0.05, 0.1) is 12.1 Å². The van der Waals surface area contributed by atoms with Gasteiger partial charge in [0.25, 0.3) is 0 Å². The van der Waals surface area contributed by atoms with E-state index >= 15 is 0 Å². The molecule has 3 heteroatoms. The van der Waals surface area contributed by atoms with E-state index < -0.39 is 0 Å². The third-order valence-electron chi connectivity index (χ3n) is 1.26. The van der Waals surface area contributed by atoms with Crippen molar-refractivity contribution in [3.63, 3.8) is 0 Å². The Kier molecular flexibility index (Phi) is 4.54. The highest BCUT2D eigenvalue weighted by Crippen LogP contribution is 1.79. The van der Waals surface area contributed by atoms with Crippen LogP contribution in [0.25, 0.3) is 0 Å². The number of nitrogens with one attached hydrogen (secondary N) is 1. The Hall–Kier alpha value is -0.830. The molecule has 0 aliphatic heterocycles. The van der Waals surface area contributed by atoms with Crippen LogP contribution in [0.15, 0.2) is 12.2 Å². The first-order valence-electron chi connectivity index (χ1n) is 3.64. The summed E-state index contributed by atoms with van der Waals surface area (Å²) in [4.78, 5) is 4.88. The molecule has 0 fully saturated rings. The number of aliphatic hydroxyl groups excluding tert-OH is 1. The van der Waals surface area contributed by atoms with Crippen molar-refractivity contribution in [3.8, 4) is 0 Å². The monoisotopic (exact) mass is 157 g/mol. The maximum Gasteiger partial charge on any atom is 0.360 e. The van der Waals surface area contributed by atoms with E-state index in [1.165, 1.54) is 0 Å². The van der Waals surface area contributed by atoms with Crippen molar-refractivity contribution in [3.05, 3.63) is 12.2 Å². The average molecular weight is 157 g/mol. The lowest BCUT2D eigenvalue weighted by atomic mass is 10.3. The van der Waals surface area contributed by atoms with Crippen molar-refractivity contribution in [1.29, 1.82) is 0 Å². The highest BCUT2D eigenvalue weighted by Gasteiger charge is 2.01. The topological polar surface area (TPSA) is 37.4 Å². The zero-order valence-electron chi connectivity index (χ0n) is 7.52. The van der Waals surface area contributed by atoms with E-state index in [-0.39, 0.29) is 5.90 Å². The summed E-state index contributed by atoms with van der Waals surface area (Å²) in [6.07, 6.45) is 0. The van der Waals surface area contributed by atoms with Crippen LogP contribution >= 0.6 is 0 Å². The highest BCUT2D eigenvalue weighted by atomic mass is 16.3. The first-order chi connectivity index (χ1) is 5.04. The van der Waals surface area contributed by atoms with Crippen molar-refractivity contribution in [2.75, 3.05) is 27.2 Å². The minimum Gasteiger partial charge on any atom is -0.460 e. The number of hydrogen-bond acceptors (Lipinski definition) is 1. The zero-order valence-corrected chi connectivity index (χ0v) is 7.52. The molecule has 0 bridgehead atoms. The van der Waals surface area contributed by atoms with E-state index in [1.807, 2.05) is 19.0 Å². The van der Waals surface area contributed by atoms with Gasteiger partial charge < -0.3 is 10.0 Å². The molecule has 0 saturated carbocycles. The Labute approximate surface area is 68.1 Å². The van der Waals surface area contributed by atoms with Crippen LogP contribution < -0.4 is 4.99 Å². The molecular weight excluding hydrogens is 140 g/mol. The standard InChI is InChI=1S/C8H16N2O/c1-7(2)8(11)9-5-6-10(3)4/h1,5-6H2,2-4H3,(H,9,11)/p+1. The molecule has 0 radical (unpaired) electrons. The van der Waals surface area contributed by atoms with Crippen molar-refractivity contribution >= 4 is 5.90 Å². The summed E-state index contributed by atoms with van der Waals surface area (Å²) in [5.41, 5.74) is 0.670. The van der Waals surface area contributed by atoms with Crippen molar-refractivity contribution < 1.29 is 10.1 Å². The van der Waals surface area contributed by atoms with E-state index in [9.17, 15) is 0 Å². The Morgan fingerprint density at radius 2 is 2.09 bits per heavy atom. The molecule has 0 aliphatic rings. The first-order valence-corrected chi connectivity index (χ1v) is 3.64. The number of nitrogens with zero attached hydrogens (tertiary/aromatic N) is 1. The molecule has 3 nitrogen and oxygen atoms in total. The van der Waals surface area contributed by atoms with Gasteiger partial charge in [0.1, 0.15) is 0 Å². The maximum absolute atomic E-state index is 9.13. The molecule has 0 aliphatic carbocycles. The molecule has 2 N–H and O–H groups in total. The van der Waals surface area contributed by atoms with E-state index in [1.54, 1.807) is 6.92 Å². The van der Waals surface area contributed by atoms with E-state index in [4.69, 9.17) is 5.11 Å². The van der Waals surface area contributed by atoms with Crippen LogP contribution in [0.4, 0.5) is 0 Å². The third-order valence-corrected chi connectivity index (χ3v) is 1.26. The second-order valence-corrected chi connectivity index (χ2v) is 2.86.